The summed E-state index contributed by atoms with van der Waals surface area (Å²) in [6.45, 7) is 9.95. The summed E-state index contributed by atoms with van der Waals surface area (Å²) in [5.74, 6) is 1.65. The van der Waals surface area contributed by atoms with Gasteiger partial charge in [-0.3, -0.25) is 10.1 Å². The molecule has 1 aliphatic rings. The van der Waals surface area contributed by atoms with E-state index in [-0.39, 0.29) is 11.7 Å². The van der Waals surface area contributed by atoms with E-state index in [1.807, 2.05) is 17.8 Å². The molecule has 176 valence electrons. The monoisotopic (exact) mass is 469 g/mol. The van der Waals surface area contributed by atoms with Crippen LogP contribution in [0.3, 0.4) is 0 Å². The topological polar surface area (TPSA) is 102 Å². The molecule has 0 saturated carbocycles. The highest BCUT2D eigenvalue weighted by atomic mass is 28.3. The zero-order valence-electron chi connectivity index (χ0n) is 19.6. The summed E-state index contributed by atoms with van der Waals surface area (Å²) in [5, 5.41) is 11.9. The standard InChI is InChI=1S/C22H31N7O3Si/c1-26(20-6-5-17(13-23-20)29(30)31)18-7-9-27(14-18)21-19-8-10-28(22(19)25-15-24-21)16-32-11-12-33(2,3)4/h5-6,8,10,13,15,18H,7,9,11-12,14,16H2,1-4H3/t18-/m1/s1. The van der Waals surface area contributed by atoms with Crippen LogP contribution in [0.15, 0.2) is 36.9 Å². The van der Waals surface area contributed by atoms with E-state index in [9.17, 15) is 10.1 Å². The van der Waals surface area contributed by atoms with Crippen LogP contribution in [0.4, 0.5) is 17.3 Å². The molecule has 1 saturated heterocycles. The summed E-state index contributed by atoms with van der Waals surface area (Å²) in [5.41, 5.74) is 0.874. The molecule has 3 aromatic rings. The Kier molecular flexibility index (Phi) is 6.61. The number of aromatic nitrogens is 4. The molecule has 0 unspecified atom stereocenters. The molecule has 0 N–H and O–H groups in total. The van der Waals surface area contributed by atoms with Crippen LogP contribution in [0.1, 0.15) is 6.42 Å². The molecular weight excluding hydrogens is 438 g/mol. The van der Waals surface area contributed by atoms with Gasteiger partial charge >= 0.3 is 0 Å². The van der Waals surface area contributed by atoms with Crippen molar-refractivity contribution in [2.45, 2.75) is 44.9 Å². The van der Waals surface area contributed by atoms with Gasteiger partial charge in [0.05, 0.1) is 10.3 Å². The van der Waals surface area contributed by atoms with Gasteiger partial charge in [0, 0.05) is 53.1 Å². The molecule has 4 rings (SSSR count). The van der Waals surface area contributed by atoms with E-state index < -0.39 is 13.0 Å². The summed E-state index contributed by atoms with van der Waals surface area (Å²) in [4.78, 5) is 28.2. The van der Waals surface area contributed by atoms with E-state index >= 15 is 0 Å². The molecule has 4 heterocycles. The maximum Gasteiger partial charge on any atom is 0.287 e. The van der Waals surface area contributed by atoms with Gasteiger partial charge < -0.3 is 19.1 Å². The Labute approximate surface area is 194 Å². The molecule has 0 aromatic carbocycles. The van der Waals surface area contributed by atoms with Crippen LogP contribution in [0.25, 0.3) is 11.0 Å². The van der Waals surface area contributed by atoms with Crippen LogP contribution in [0.2, 0.25) is 25.7 Å². The predicted octanol–water partition coefficient (Wildman–Crippen LogP) is 3.76. The van der Waals surface area contributed by atoms with Crippen molar-refractivity contribution in [3.05, 3.63) is 47.0 Å². The highest BCUT2D eigenvalue weighted by molar-refractivity contribution is 6.76. The van der Waals surface area contributed by atoms with Crippen molar-refractivity contribution >= 4 is 36.4 Å². The summed E-state index contributed by atoms with van der Waals surface area (Å²) in [7, 11) is 0.865. The van der Waals surface area contributed by atoms with Crippen molar-refractivity contribution in [1.29, 1.82) is 0 Å². The van der Waals surface area contributed by atoms with Gasteiger partial charge in [0.2, 0.25) is 0 Å². The lowest BCUT2D eigenvalue weighted by molar-refractivity contribution is -0.385. The van der Waals surface area contributed by atoms with Crippen molar-refractivity contribution in [3.8, 4) is 0 Å². The summed E-state index contributed by atoms with van der Waals surface area (Å²) in [6, 6.07) is 6.62. The largest absolute Gasteiger partial charge is 0.361 e. The third kappa shape index (κ3) is 5.30. The first-order valence-corrected chi connectivity index (χ1v) is 14.9. The average molecular weight is 470 g/mol. The number of nitro groups is 1. The van der Waals surface area contributed by atoms with Crippen LogP contribution < -0.4 is 9.80 Å². The van der Waals surface area contributed by atoms with Crippen LogP contribution in [-0.4, -0.2) is 65.3 Å². The highest BCUT2D eigenvalue weighted by Gasteiger charge is 2.29. The number of rotatable bonds is 9. The molecule has 0 amide bonds. The Morgan fingerprint density at radius 3 is 2.76 bits per heavy atom. The van der Waals surface area contributed by atoms with Gasteiger partial charge in [-0.1, -0.05) is 19.6 Å². The summed E-state index contributed by atoms with van der Waals surface area (Å²) >= 11 is 0. The van der Waals surface area contributed by atoms with E-state index in [4.69, 9.17) is 4.74 Å². The van der Waals surface area contributed by atoms with Crippen molar-refractivity contribution in [1.82, 2.24) is 19.5 Å². The fraction of sp³-hybridized carbons (Fsp3) is 0.500. The Balaban J connectivity index is 1.43. The minimum Gasteiger partial charge on any atom is -0.361 e. The first-order valence-electron chi connectivity index (χ1n) is 11.2. The number of hydrogen-bond donors (Lipinski definition) is 0. The van der Waals surface area contributed by atoms with Gasteiger partial charge in [-0.15, -0.1) is 0 Å². The Morgan fingerprint density at radius 1 is 1.24 bits per heavy atom. The maximum absolute atomic E-state index is 10.9. The van der Waals surface area contributed by atoms with Crippen LogP contribution in [0, 0.1) is 10.1 Å². The van der Waals surface area contributed by atoms with Crippen LogP contribution >= 0.6 is 0 Å². The smallest absolute Gasteiger partial charge is 0.287 e. The molecular formula is C22H31N7O3Si. The number of hydrogen-bond acceptors (Lipinski definition) is 8. The van der Waals surface area contributed by atoms with Crippen molar-refractivity contribution in [3.63, 3.8) is 0 Å². The van der Waals surface area contributed by atoms with E-state index in [1.54, 1.807) is 12.4 Å². The molecule has 33 heavy (non-hydrogen) atoms. The molecule has 11 heteroatoms. The molecule has 0 aliphatic carbocycles. The molecule has 0 spiro atoms. The van der Waals surface area contributed by atoms with Gasteiger partial charge in [0.15, 0.2) is 0 Å². The lowest BCUT2D eigenvalue weighted by Crippen LogP contribution is -2.35. The molecule has 1 aliphatic heterocycles. The van der Waals surface area contributed by atoms with Crippen molar-refractivity contribution in [2.24, 2.45) is 0 Å². The Bertz CT molecular complexity index is 1110. The first kappa shape index (κ1) is 23.1. The minimum absolute atomic E-state index is 0.00227. The zero-order chi connectivity index (χ0) is 23.6. The second-order valence-corrected chi connectivity index (χ2v) is 15.3. The van der Waals surface area contributed by atoms with Gasteiger partial charge in [-0.05, 0) is 24.6 Å². The number of ether oxygens (including phenoxy) is 1. The zero-order valence-corrected chi connectivity index (χ0v) is 20.6. The Morgan fingerprint density at radius 2 is 2.06 bits per heavy atom. The summed E-state index contributed by atoms with van der Waals surface area (Å²) in [6.07, 6.45) is 5.88. The number of pyridine rings is 1. The van der Waals surface area contributed by atoms with Crippen molar-refractivity contribution < 1.29 is 9.66 Å². The van der Waals surface area contributed by atoms with E-state index in [2.05, 4.69) is 50.5 Å². The first-order chi connectivity index (χ1) is 15.7. The van der Waals surface area contributed by atoms with Crippen molar-refractivity contribution in [2.75, 3.05) is 36.5 Å². The molecule has 0 bridgehead atoms. The predicted molar refractivity (Wildman–Crippen MR) is 132 cm³/mol. The molecule has 1 atom stereocenters. The number of likely N-dealkylation sites (N-methyl/N-ethyl adjacent to an activating group) is 1. The second-order valence-electron chi connectivity index (χ2n) is 9.70. The van der Waals surface area contributed by atoms with Crippen LogP contribution in [-0.2, 0) is 11.5 Å². The second kappa shape index (κ2) is 9.44. The molecule has 1 fully saturated rings. The fourth-order valence-corrected chi connectivity index (χ4v) is 4.78. The fourth-order valence-electron chi connectivity index (χ4n) is 4.02. The van der Waals surface area contributed by atoms with Gasteiger partial charge in [-0.2, -0.15) is 0 Å². The summed E-state index contributed by atoms with van der Waals surface area (Å²) < 4.78 is 7.95. The molecule has 3 aromatic heterocycles. The number of anilines is 2. The van der Waals surface area contributed by atoms with E-state index in [1.165, 1.54) is 12.3 Å². The van der Waals surface area contributed by atoms with Gasteiger partial charge in [0.1, 0.15) is 36.5 Å². The average Bonchev–Trinajstić information content (AvgIpc) is 3.43. The van der Waals surface area contributed by atoms with Gasteiger partial charge in [-0.25, -0.2) is 15.0 Å². The molecule has 0 radical (unpaired) electrons. The quantitative estimate of drug-likeness (QED) is 0.202. The number of nitrogens with zero attached hydrogens (tertiary/aromatic N) is 7. The molecule has 10 nitrogen and oxygen atoms in total. The van der Waals surface area contributed by atoms with E-state index in [0.29, 0.717) is 6.73 Å². The third-order valence-corrected chi connectivity index (χ3v) is 7.78. The normalized spacial score (nSPS) is 16.5. The van der Waals surface area contributed by atoms with Gasteiger partial charge in [0.25, 0.3) is 5.69 Å². The minimum atomic E-state index is -1.11. The maximum atomic E-state index is 10.9. The lowest BCUT2D eigenvalue weighted by atomic mass is 10.2. The third-order valence-electron chi connectivity index (χ3n) is 6.08. The highest BCUT2D eigenvalue weighted by Crippen LogP contribution is 2.29. The van der Waals surface area contributed by atoms with Crippen LogP contribution in [0.5, 0.6) is 0 Å². The SMILES string of the molecule is CN(c1ccc([N+](=O)[O-])cn1)[C@@H]1CCN(c2ncnc3c2ccn3COCC[Si](C)(C)C)C1. The lowest BCUT2D eigenvalue weighted by Gasteiger charge is -2.26. The van der Waals surface area contributed by atoms with E-state index in [0.717, 1.165) is 54.8 Å². The number of fused-ring (bicyclic) bond motifs is 1. The Hall–Kier alpha value is -3.05.